The van der Waals surface area contributed by atoms with Gasteiger partial charge in [0, 0.05) is 25.3 Å². The fourth-order valence-electron chi connectivity index (χ4n) is 4.14. The third kappa shape index (κ3) is 5.96. The lowest BCUT2D eigenvalue weighted by atomic mass is 10.1. The van der Waals surface area contributed by atoms with Crippen LogP contribution >= 0.6 is 11.8 Å². The van der Waals surface area contributed by atoms with Crippen LogP contribution in [0.4, 0.5) is 5.69 Å². The molecule has 0 unspecified atom stereocenters. The molecule has 1 aliphatic heterocycles. The molecular weight excluding hydrogens is 432 g/mol. The highest BCUT2D eigenvalue weighted by Crippen LogP contribution is 2.25. The molecule has 1 aromatic heterocycles. The van der Waals surface area contributed by atoms with Gasteiger partial charge in [-0.3, -0.25) is 14.2 Å². The van der Waals surface area contributed by atoms with Gasteiger partial charge in [-0.25, -0.2) is 4.98 Å². The number of carbonyl (C=O) groups excluding carboxylic acids is 1. The number of rotatable bonds is 9. The maximum Gasteiger partial charge on any atom is 0.262 e. The molecule has 0 saturated carbocycles. The number of amides is 1. The molecule has 1 amide bonds. The summed E-state index contributed by atoms with van der Waals surface area (Å²) in [5.41, 5.74) is 2.74. The SMILES string of the molecule is CCCCNC(=O)CSc1nc2ccc(N3CCCCC3)cc2c(=O)n1Cc1ccccc1. The van der Waals surface area contributed by atoms with Gasteiger partial charge in [0.05, 0.1) is 23.2 Å². The molecule has 0 radical (unpaired) electrons. The zero-order valence-electron chi connectivity index (χ0n) is 19.3. The Kier molecular flexibility index (Phi) is 8.05. The summed E-state index contributed by atoms with van der Waals surface area (Å²) in [5.74, 6) is 0.206. The fraction of sp³-hybridized carbons (Fsp3) is 0.423. The van der Waals surface area contributed by atoms with Crippen molar-refractivity contribution in [2.24, 2.45) is 0 Å². The van der Waals surface area contributed by atoms with Crippen LogP contribution in [0.15, 0.2) is 58.5 Å². The van der Waals surface area contributed by atoms with E-state index in [9.17, 15) is 9.59 Å². The van der Waals surface area contributed by atoms with Crippen LogP contribution < -0.4 is 15.8 Å². The van der Waals surface area contributed by atoms with Crippen LogP contribution in [0.2, 0.25) is 0 Å². The summed E-state index contributed by atoms with van der Waals surface area (Å²) in [6.45, 7) is 5.25. The van der Waals surface area contributed by atoms with Gasteiger partial charge >= 0.3 is 0 Å². The predicted molar refractivity (Wildman–Crippen MR) is 136 cm³/mol. The number of anilines is 1. The van der Waals surface area contributed by atoms with Crippen molar-refractivity contribution in [2.75, 3.05) is 30.3 Å². The van der Waals surface area contributed by atoms with Gasteiger partial charge in [-0.1, -0.05) is 55.4 Å². The molecule has 2 heterocycles. The van der Waals surface area contributed by atoms with Crippen molar-refractivity contribution >= 4 is 34.3 Å². The Morgan fingerprint density at radius 2 is 1.88 bits per heavy atom. The summed E-state index contributed by atoms with van der Waals surface area (Å²) in [6, 6.07) is 15.9. The Morgan fingerprint density at radius 1 is 1.09 bits per heavy atom. The number of fused-ring (bicyclic) bond motifs is 1. The molecule has 1 aliphatic rings. The number of nitrogens with zero attached hydrogens (tertiary/aromatic N) is 3. The molecule has 0 atom stereocenters. The largest absolute Gasteiger partial charge is 0.372 e. The van der Waals surface area contributed by atoms with Crippen molar-refractivity contribution < 1.29 is 4.79 Å². The van der Waals surface area contributed by atoms with Crippen molar-refractivity contribution in [3.63, 3.8) is 0 Å². The molecule has 0 spiro atoms. The van der Waals surface area contributed by atoms with E-state index in [0.29, 0.717) is 29.1 Å². The Labute approximate surface area is 199 Å². The van der Waals surface area contributed by atoms with Gasteiger partial charge in [0.15, 0.2) is 5.16 Å². The summed E-state index contributed by atoms with van der Waals surface area (Å²) in [6.07, 6.45) is 5.63. The summed E-state index contributed by atoms with van der Waals surface area (Å²) in [5, 5.41) is 4.15. The van der Waals surface area contributed by atoms with E-state index in [1.807, 2.05) is 42.5 Å². The van der Waals surface area contributed by atoms with Crippen LogP contribution in [0.25, 0.3) is 10.9 Å². The van der Waals surface area contributed by atoms with Gasteiger partial charge in [-0.15, -0.1) is 0 Å². The summed E-state index contributed by atoms with van der Waals surface area (Å²) < 4.78 is 1.71. The maximum atomic E-state index is 13.6. The summed E-state index contributed by atoms with van der Waals surface area (Å²) in [4.78, 5) is 33.1. The van der Waals surface area contributed by atoms with Gasteiger partial charge in [0.2, 0.25) is 5.91 Å². The van der Waals surface area contributed by atoms with Crippen molar-refractivity contribution in [3.05, 3.63) is 64.4 Å². The highest BCUT2D eigenvalue weighted by Gasteiger charge is 2.17. The van der Waals surface area contributed by atoms with E-state index in [-0.39, 0.29) is 17.2 Å². The fourth-order valence-corrected chi connectivity index (χ4v) is 4.97. The number of hydrogen-bond donors (Lipinski definition) is 1. The van der Waals surface area contributed by atoms with Gasteiger partial charge in [-0.05, 0) is 49.4 Å². The van der Waals surface area contributed by atoms with E-state index in [1.165, 1.54) is 31.0 Å². The first kappa shape index (κ1) is 23.4. The molecule has 0 aliphatic carbocycles. The van der Waals surface area contributed by atoms with Gasteiger partial charge < -0.3 is 10.2 Å². The third-order valence-corrected chi connectivity index (χ3v) is 6.97. The van der Waals surface area contributed by atoms with Crippen LogP contribution in [0.1, 0.15) is 44.6 Å². The van der Waals surface area contributed by atoms with E-state index >= 15 is 0 Å². The summed E-state index contributed by atoms with van der Waals surface area (Å²) >= 11 is 1.32. The highest BCUT2D eigenvalue weighted by molar-refractivity contribution is 7.99. The number of aromatic nitrogens is 2. The molecule has 1 N–H and O–H groups in total. The van der Waals surface area contributed by atoms with E-state index in [4.69, 9.17) is 4.98 Å². The lowest BCUT2D eigenvalue weighted by molar-refractivity contribution is -0.118. The Morgan fingerprint density at radius 3 is 2.64 bits per heavy atom. The predicted octanol–water partition coefficient (Wildman–Crippen LogP) is 4.44. The number of hydrogen-bond acceptors (Lipinski definition) is 5. The normalized spacial score (nSPS) is 13.9. The van der Waals surface area contributed by atoms with Crippen molar-refractivity contribution in [2.45, 2.75) is 50.7 Å². The van der Waals surface area contributed by atoms with Crippen LogP contribution in [0.5, 0.6) is 0 Å². The van der Waals surface area contributed by atoms with Crippen LogP contribution in [-0.2, 0) is 11.3 Å². The average Bonchev–Trinajstić information content (AvgIpc) is 2.86. The molecule has 4 rings (SSSR count). The zero-order chi connectivity index (χ0) is 23.0. The molecular formula is C26H32N4O2S. The number of benzene rings is 2. The molecule has 6 nitrogen and oxygen atoms in total. The number of unbranched alkanes of at least 4 members (excludes halogenated alkanes) is 1. The second kappa shape index (κ2) is 11.4. The molecule has 1 fully saturated rings. The molecule has 33 heavy (non-hydrogen) atoms. The van der Waals surface area contributed by atoms with Gasteiger partial charge in [0.25, 0.3) is 5.56 Å². The molecule has 2 aromatic carbocycles. The van der Waals surface area contributed by atoms with E-state index in [2.05, 4.69) is 23.2 Å². The smallest absolute Gasteiger partial charge is 0.262 e. The quantitative estimate of drug-likeness (QED) is 0.288. The van der Waals surface area contributed by atoms with Crippen molar-refractivity contribution in [1.82, 2.24) is 14.9 Å². The second-order valence-corrected chi connectivity index (χ2v) is 9.46. The number of nitrogens with one attached hydrogen (secondary N) is 1. The highest BCUT2D eigenvalue weighted by atomic mass is 32.2. The Balaban J connectivity index is 1.66. The molecule has 1 saturated heterocycles. The topological polar surface area (TPSA) is 67.2 Å². The molecule has 3 aromatic rings. The minimum Gasteiger partial charge on any atom is -0.372 e. The first-order valence-corrected chi connectivity index (χ1v) is 12.9. The first-order valence-electron chi connectivity index (χ1n) is 11.9. The third-order valence-electron chi connectivity index (χ3n) is 5.99. The number of piperidine rings is 1. The van der Waals surface area contributed by atoms with Crippen molar-refractivity contribution in [1.29, 1.82) is 0 Å². The number of thioether (sulfide) groups is 1. The van der Waals surface area contributed by atoms with Crippen LogP contribution in [-0.4, -0.2) is 40.8 Å². The lowest BCUT2D eigenvalue weighted by Crippen LogP contribution is -2.30. The Bertz CT molecular complexity index is 1140. The van der Waals surface area contributed by atoms with Crippen LogP contribution in [0.3, 0.4) is 0 Å². The zero-order valence-corrected chi connectivity index (χ0v) is 20.1. The molecule has 174 valence electrons. The molecule has 0 bridgehead atoms. The minimum absolute atomic E-state index is 0.0329. The second-order valence-electron chi connectivity index (χ2n) is 8.51. The standard InChI is InChI=1S/C26H32N4O2S/c1-2-3-14-27-24(31)19-33-26-28-23-13-12-21(29-15-8-5-9-16-29)17-22(23)25(32)30(26)18-20-10-6-4-7-11-20/h4,6-7,10-13,17H,2-3,5,8-9,14-16,18-19H2,1H3,(H,27,31). The molecule has 7 heteroatoms. The monoisotopic (exact) mass is 464 g/mol. The van der Waals surface area contributed by atoms with Gasteiger partial charge in [-0.2, -0.15) is 0 Å². The summed E-state index contributed by atoms with van der Waals surface area (Å²) in [7, 11) is 0. The first-order chi connectivity index (χ1) is 16.2. The van der Waals surface area contributed by atoms with E-state index < -0.39 is 0 Å². The van der Waals surface area contributed by atoms with E-state index in [1.54, 1.807) is 4.57 Å². The lowest BCUT2D eigenvalue weighted by Gasteiger charge is -2.29. The Hall–Kier alpha value is -2.80. The van der Waals surface area contributed by atoms with Gasteiger partial charge in [0.1, 0.15) is 0 Å². The average molecular weight is 465 g/mol. The van der Waals surface area contributed by atoms with E-state index in [0.717, 1.165) is 37.2 Å². The maximum absolute atomic E-state index is 13.6. The van der Waals surface area contributed by atoms with Crippen LogP contribution in [0, 0.1) is 0 Å². The van der Waals surface area contributed by atoms with Crippen molar-refractivity contribution in [3.8, 4) is 0 Å². The minimum atomic E-state index is -0.0587. The number of carbonyl (C=O) groups is 1.